The Morgan fingerprint density at radius 2 is 1.75 bits per heavy atom. The molecule has 3 heteroatoms. The number of nitrogens with two attached hydrogens (primary N) is 1. The van der Waals surface area contributed by atoms with Crippen LogP contribution in [0.15, 0.2) is 24.3 Å². The molecule has 0 amide bonds. The third-order valence-corrected chi connectivity index (χ3v) is 1.64. The number of hydrogen-bond acceptors (Lipinski definition) is 2. The molecule has 0 aliphatic rings. The summed E-state index contributed by atoms with van der Waals surface area (Å²) in [5, 5.41) is 0. The van der Waals surface area contributed by atoms with Gasteiger partial charge in [-0.1, -0.05) is 12.1 Å². The van der Waals surface area contributed by atoms with Crippen LogP contribution < -0.4 is 10.5 Å². The number of hydrogen-bond donors (Lipinski definition) is 1. The fourth-order valence-electron chi connectivity index (χ4n) is 0.907. The van der Waals surface area contributed by atoms with Crippen LogP contribution in [0.3, 0.4) is 0 Å². The molecule has 0 bridgehead atoms. The summed E-state index contributed by atoms with van der Waals surface area (Å²) < 4.78 is 5.01. The first-order chi connectivity index (χ1) is 5.24. The Morgan fingerprint density at radius 1 is 1.25 bits per heavy atom. The second-order valence-corrected chi connectivity index (χ2v) is 2.56. The van der Waals surface area contributed by atoms with Gasteiger partial charge in [0.05, 0.1) is 7.11 Å². The van der Waals surface area contributed by atoms with E-state index in [4.69, 9.17) is 10.5 Å². The quantitative estimate of drug-likeness (QED) is 0.770. The molecular formula is C9H14ClNO. The van der Waals surface area contributed by atoms with E-state index in [-0.39, 0.29) is 18.4 Å². The Balaban J connectivity index is 0.00000121. The van der Waals surface area contributed by atoms with Crippen molar-refractivity contribution in [2.45, 2.75) is 13.0 Å². The highest BCUT2D eigenvalue weighted by atomic mass is 35.5. The zero-order chi connectivity index (χ0) is 8.27. The Hall–Kier alpha value is -0.730. The van der Waals surface area contributed by atoms with Crippen molar-refractivity contribution in [1.29, 1.82) is 0 Å². The average molecular weight is 188 g/mol. The highest BCUT2D eigenvalue weighted by Gasteiger charge is 1.97. The van der Waals surface area contributed by atoms with Crippen molar-refractivity contribution in [2.75, 3.05) is 7.11 Å². The fourth-order valence-corrected chi connectivity index (χ4v) is 0.907. The zero-order valence-electron chi connectivity index (χ0n) is 7.28. The lowest BCUT2D eigenvalue weighted by Crippen LogP contribution is -2.04. The normalized spacial score (nSPS) is 11.6. The van der Waals surface area contributed by atoms with Gasteiger partial charge in [-0.15, -0.1) is 12.4 Å². The van der Waals surface area contributed by atoms with Gasteiger partial charge in [0.1, 0.15) is 5.75 Å². The molecule has 1 aromatic rings. The number of ether oxygens (including phenoxy) is 1. The molecule has 0 spiro atoms. The first kappa shape index (κ1) is 11.3. The minimum Gasteiger partial charge on any atom is -0.497 e. The number of benzene rings is 1. The van der Waals surface area contributed by atoms with Crippen molar-refractivity contribution < 1.29 is 4.74 Å². The fraction of sp³-hybridized carbons (Fsp3) is 0.333. The van der Waals surface area contributed by atoms with Crippen LogP contribution in [0.2, 0.25) is 0 Å². The van der Waals surface area contributed by atoms with Gasteiger partial charge in [-0.25, -0.2) is 0 Å². The molecule has 12 heavy (non-hydrogen) atoms. The van der Waals surface area contributed by atoms with Crippen LogP contribution in [0, 0.1) is 0 Å². The van der Waals surface area contributed by atoms with Crippen molar-refractivity contribution in [3.63, 3.8) is 0 Å². The highest BCUT2D eigenvalue weighted by molar-refractivity contribution is 5.85. The standard InChI is InChI=1S/C9H13NO.ClH/c1-7(10)8-3-5-9(11-2)6-4-8;/h3-7H,10H2,1-2H3;1H/t7-;/m1./s1. The first-order valence-corrected chi connectivity index (χ1v) is 3.63. The molecule has 0 radical (unpaired) electrons. The largest absolute Gasteiger partial charge is 0.497 e. The monoisotopic (exact) mass is 187 g/mol. The van der Waals surface area contributed by atoms with Crippen molar-refractivity contribution >= 4 is 12.4 Å². The SMILES string of the molecule is COc1ccc([C@@H](C)N)cc1.Cl. The molecular weight excluding hydrogens is 174 g/mol. The maximum atomic E-state index is 5.66. The highest BCUT2D eigenvalue weighted by Crippen LogP contribution is 2.14. The second kappa shape index (κ2) is 5.01. The van der Waals surface area contributed by atoms with Gasteiger partial charge >= 0.3 is 0 Å². The molecule has 0 aromatic heterocycles. The van der Waals surface area contributed by atoms with Gasteiger partial charge in [-0.05, 0) is 24.6 Å². The van der Waals surface area contributed by atoms with Crippen LogP contribution in [0.5, 0.6) is 5.75 Å². The van der Waals surface area contributed by atoms with Crippen LogP contribution >= 0.6 is 12.4 Å². The Bertz CT molecular complexity index is 220. The molecule has 0 heterocycles. The molecule has 1 atom stereocenters. The molecule has 0 fully saturated rings. The second-order valence-electron chi connectivity index (χ2n) is 2.56. The minimum atomic E-state index is 0. The van der Waals surface area contributed by atoms with Crippen LogP contribution in [-0.2, 0) is 0 Å². The van der Waals surface area contributed by atoms with E-state index in [1.807, 2.05) is 31.2 Å². The predicted octanol–water partition coefficient (Wildman–Crippen LogP) is 2.14. The summed E-state index contributed by atoms with van der Waals surface area (Å²) in [6.07, 6.45) is 0. The summed E-state index contributed by atoms with van der Waals surface area (Å²) in [6, 6.07) is 7.88. The van der Waals surface area contributed by atoms with E-state index < -0.39 is 0 Å². The number of methoxy groups -OCH3 is 1. The van der Waals surface area contributed by atoms with Crippen molar-refractivity contribution in [2.24, 2.45) is 5.73 Å². The lowest BCUT2D eigenvalue weighted by atomic mass is 10.1. The lowest BCUT2D eigenvalue weighted by Gasteiger charge is -2.05. The molecule has 0 aliphatic carbocycles. The van der Waals surface area contributed by atoms with Crippen LogP contribution in [0.4, 0.5) is 0 Å². The average Bonchev–Trinajstić information content (AvgIpc) is 2.05. The van der Waals surface area contributed by atoms with Gasteiger partial charge in [-0.2, -0.15) is 0 Å². The third-order valence-electron chi connectivity index (χ3n) is 1.64. The van der Waals surface area contributed by atoms with E-state index in [2.05, 4.69) is 0 Å². The van der Waals surface area contributed by atoms with E-state index in [0.717, 1.165) is 11.3 Å². The topological polar surface area (TPSA) is 35.2 Å². The molecule has 68 valence electrons. The van der Waals surface area contributed by atoms with E-state index in [1.54, 1.807) is 7.11 Å². The molecule has 2 nitrogen and oxygen atoms in total. The van der Waals surface area contributed by atoms with Gasteiger partial charge in [0.25, 0.3) is 0 Å². The molecule has 0 aliphatic heterocycles. The molecule has 0 saturated carbocycles. The summed E-state index contributed by atoms with van der Waals surface area (Å²) in [5.74, 6) is 0.870. The number of halogens is 1. The van der Waals surface area contributed by atoms with E-state index >= 15 is 0 Å². The molecule has 1 aromatic carbocycles. The Morgan fingerprint density at radius 3 is 2.08 bits per heavy atom. The minimum absolute atomic E-state index is 0. The van der Waals surface area contributed by atoms with E-state index in [1.165, 1.54) is 0 Å². The Labute approximate surface area is 79.1 Å². The van der Waals surface area contributed by atoms with Crippen molar-refractivity contribution in [1.82, 2.24) is 0 Å². The van der Waals surface area contributed by atoms with Gasteiger partial charge < -0.3 is 10.5 Å². The van der Waals surface area contributed by atoms with E-state index in [0.29, 0.717) is 0 Å². The van der Waals surface area contributed by atoms with Gasteiger partial charge in [0.2, 0.25) is 0 Å². The molecule has 0 unspecified atom stereocenters. The summed E-state index contributed by atoms with van der Waals surface area (Å²) in [4.78, 5) is 0. The first-order valence-electron chi connectivity index (χ1n) is 3.63. The summed E-state index contributed by atoms with van der Waals surface area (Å²) in [6.45, 7) is 1.96. The number of rotatable bonds is 2. The predicted molar refractivity (Wildman–Crippen MR) is 52.8 cm³/mol. The molecule has 1 rings (SSSR count). The van der Waals surface area contributed by atoms with Crippen molar-refractivity contribution in [3.05, 3.63) is 29.8 Å². The van der Waals surface area contributed by atoms with Gasteiger partial charge in [0.15, 0.2) is 0 Å². The maximum absolute atomic E-state index is 5.66. The molecule has 2 N–H and O–H groups in total. The Kier molecular flexibility index (Phi) is 4.71. The van der Waals surface area contributed by atoms with Crippen molar-refractivity contribution in [3.8, 4) is 5.75 Å². The smallest absolute Gasteiger partial charge is 0.118 e. The van der Waals surface area contributed by atoms with Gasteiger partial charge in [-0.3, -0.25) is 0 Å². The van der Waals surface area contributed by atoms with Crippen LogP contribution in [-0.4, -0.2) is 7.11 Å². The summed E-state index contributed by atoms with van der Waals surface area (Å²) >= 11 is 0. The molecule has 0 saturated heterocycles. The van der Waals surface area contributed by atoms with Crippen LogP contribution in [0.25, 0.3) is 0 Å². The van der Waals surface area contributed by atoms with E-state index in [9.17, 15) is 0 Å². The van der Waals surface area contributed by atoms with Gasteiger partial charge in [0, 0.05) is 6.04 Å². The summed E-state index contributed by atoms with van der Waals surface area (Å²) in [5.41, 5.74) is 6.79. The lowest BCUT2D eigenvalue weighted by molar-refractivity contribution is 0.414. The van der Waals surface area contributed by atoms with Crippen LogP contribution in [0.1, 0.15) is 18.5 Å². The zero-order valence-corrected chi connectivity index (χ0v) is 8.10. The maximum Gasteiger partial charge on any atom is 0.118 e. The summed E-state index contributed by atoms with van der Waals surface area (Å²) in [7, 11) is 1.65. The third kappa shape index (κ3) is 2.72.